The van der Waals surface area contributed by atoms with E-state index in [2.05, 4.69) is 232 Å². The van der Waals surface area contributed by atoms with Gasteiger partial charge in [-0.25, -0.2) is 0 Å². The molecule has 268 valence electrons. The minimum Gasteiger partial charge on any atom is -0.310 e. The quantitative estimate of drug-likeness (QED) is 0.166. The van der Waals surface area contributed by atoms with Crippen LogP contribution in [0.4, 0.5) is 17.1 Å². The van der Waals surface area contributed by atoms with Gasteiger partial charge in [0.2, 0.25) is 0 Å². The Morgan fingerprint density at radius 1 is 0.393 bits per heavy atom. The lowest BCUT2D eigenvalue weighted by atomic mass is 9.68. The zero-order valence-electron chi connectivity index (χ0n) is 32.1. The highest BCUT2D eigenvalue weighted by Gasteiger charge is 2.46. The largest absolute Gasteiger partial charge is 0.310 e. The molecule has 0 saturated heterocycles. The molecule has 0 radical (unpaired) electrons. The van der Waals surface area contributed by atoms with Gasteiger partial charge in [0.05, 0.1) is 11.1 Å². The lowest BCUT2D eigenvalue weighted by Gasteiger charge is -2.34. The van der Waals surface area contributed by atoms with Gasteiger partial charge in [-0.05, 0) is 102 Å². The van der Waals surface area contributed by atoms with E-state index in [1.54, 1.807) is 0 Å². The smallest absolute Gasteiger partial charge is 0.0713 e. The van der Waals surface area contributed by atoms with Crippen molar-refractivity contribution in [2.24, 2.45) is 0 Å². The van der Waals surface area contributed by atoms with Crippen LogP contribution in [-0.2, 0) is 10.8 Å². The van der Waals surface area contributed by atoms with Crippen LogP contribution in [0.5, 0.6) is 0 Å². The van der Waals surface area contributed by atoms with Crippen LogP contribution in [0, 0.1) is 0 Å². The van der Waals surface area contributed by atoms with Crippen molar-refractivity contribution in [1.82, 2.24) is 0 Å². The SMILES string of the molecule is CC(C)(C)c1ccc(N(c2ccc3c(c2)-c2ccccc2C3(c2ccccc2)c2ccccc2)c2ccc3ccccc3c2-c2cccc3ccccc23)cc1. The van der Waals surface area contributed by atoms with Gasteiger partial charge in [0, 0.05) is 16.9 Å². The molecule has 56 heavy (non-hydrogen) atoms. The van der Waals surface area contributed by atoms with Crippen LogP contribution < -0.4 is 4.90 Å². The third-order valence-corrected chi connectivity index (χ3v) is 11.9. The number of fused-ring (bicyclic) bond motifs is 5. The van der Waals surface area contributed by atoms with Crippen molar-refractivity contribution in [3.63, 3.8) is 0 Å². The monoisotopic (exact) mass is 717 g/mol. The minimum atomic E-state index is -0.455. The number of nitrogens with zero attached hydrogens (tertiary/aromatic N) is 1. The maximum atomic E-state index is 2.49. The number of anilines is 3. The van der Waals surface area contributed by atoms with Crippen molar-refractivity contribution in [2.45, 2.75) is 31.6 Å². The summed E-state index contributed by atoms with van der Waals surface area (Å²) >= 11 is 0. The third kappa shape index (κ3) is 5.30. The van der Waals surface area contributed by atoms with Gasteiger partial charge in [-0.1, -0.05) is 197 Å². The Morgan fingerprint density at radius 3 is 1.62 bits per heavy atom. The summed E-state index contributed by atoms with van der Waals surface area (Å²) in [6, 6.07) is 76.5. The summed E-state index contributed by atoms with van der Waals surface area (Å²) < 4.78 is 0. The molecule has 0 fully saturated rings. The van der Waals surface area contributed by atoms with Gasteiger partial charge in [-0.15, -0.1) is 0 Å². The molecule has 0 aliphatic heterocycles. The topological polar surface area (TPSA) is 3.24 Å². The molecular formula is C55H43N. The second-order valence-corrected chi connectivity index (χ2v) is 16.1. The predicted molar refractivity (Wildman–Crippen MR) is 238 cm³/mol. The average Bonchev–Trinajstić information content (AvgIpc) is 3.54. The van der Waals surface area contributed by atoms with Crippen molar-refractivity contribution >= 4 is 38.6 Å². The van der Waals surface area contributed by atoms with E-state index in [9.17, 15) is 0 Å². The summed E-state index contributed by atoms with van der Waals surface area (Å²) in [7, 11) is 0. The highest BCUT2D eigenvalue weighted by molar-refractivity contribution is 6.11. The Balaban J connectivity index is 1.28. The van der Waals surface area contributed by atoms with Crippen LogP contribution in [0.1, 0.15) is 48.6 Å². The maximum Gasteiger partial charge on any atom is 0.0713 e. The predicted octanol–water partition coefficient (Wildman–Crippen LogP) is 14.8. The van der Waals surface area contributed by atoms with E-state index < -0.39 is 5.41 Å². The summed E-state index contributed by atoms with van der Waals surface area (Å²) in [6.45, 7) is 6.85. The molecule has 10 rings (SSSR count). The molecule has 0 heterocycles. The van der Waals surface area contributed by atoms with E-state index in [-0.39, 0.29) is 5.41 Å². The second kappa shape index (κ2) is 13.3. The Labute approximate surface area is 330 Å². The fourth-order valence-corrected chi connectivity index (χ4v) is 9.29. The van der Waals surface area contributed by atoms with E-state index in [4.69, 9.17) is 0 Å². The van der Waals surface area contributed by atoms with Gasteiger partial charge < -0.3 is 4.90 Å². The molecule has 0 atom stereocenters. The summed E-state index contributed by atoms with van der Waals surface area (Å²) in [5.41, 5.74) is 14.4. The van der Waals surface area contributed by atoms with E-state index in [0.29, 0.717) is 0 Å². The number of rotatable bonds is 6. The lowest BCUT2D eigenvalue weighted by molar-refractivity contribution is 0.590. The van der Waals surface area contributed by atoms with Crippen LogP contribution >= 0.6 is 0 Å². The molecule has 0 aromatic heterocycles. The molecule has 0 N–H and O–H groups in total. The standard InChI is InChI=1S/C55H43N/c1-54(2,3)40-30-32-43(33-31-40)56(52-36-29-39-18-11-13-25-46(39)53(52)48-27-16-19-38-17-10-12-24-45(38)48)44-34-35-51-49(37-44)47-26-14-15-28-50(47)55(51,41-20-6-4-7-21-41)42-22-8-5-9-23-42/h4-37H,1-3H3. The fourth-order valence-electron chi connectivity index (χ4n) is 9.29. The van der Waals surface area contributed by atoms with E-state index in [1.807, 2.05) is 0 Å². The Bertz CT molecular complexity index is 2830. The van der Waals surface area contributed by atoms with Crippen molar-refractivity contribution in [3.05, 3.63) is 234 Å². The number of hydrogen-bond donors (Lipinski definition) is 0. The van der Waals surface area contributed by atoms with Gasteiger partial charge in [0.25, 0.3) is 0 Å². The fraction of sp³-hybridized carbons (Fsp3) is 0.0909. The molecular weight excluding hydrogens is 675 g/mol. The summed E-state index contributed by atoms with van der Waals surface area (Å²) in [5.74, 6) is 0. The van der Waals surface area contributed by atoms with Crippen molar-refractivity contribution in [3.8, 4) is 22.3 Å². The Kier molecular flexibility index (Phi) is 8.01. The molecule has 0 unspecified atom stereocenters. The molecule has 1 heteroatoms. The molecule has 9 aromatic carbocycles. The highest BCUT2D eigenvalue weighted by atomic mass is 15.1. The summed E-state index contributed by atoms with van der Waals surface area (Å²) in [4.78, 5) is 2.49. The van der Waals surface area contributed by atoms with E-state index in [0.717, 1.165) is 17.1 Å². The van der Waals surface area contributed by atoms with Gasteiger partial charge in [-0.3, -0.25) is 0 Å². The molecule has 0 amide bonds. The van der Waals surface area contributed by atoms with Crippen molar-refractivity contribution in [2.75, 3.05) is 4.90 Å². The van der Waals surface area contributed by atoms with E-state index in [1.165, 1.54) is 71.6 Å². The normalized spacial score (nSPS) is 13.1. The van der Waals surface area contributed by atoms with Gasteiger partial charge in [0.15, 0.2) is 0 Å². The van der Waals surface area contributed by atoms with Crippen molar-refractivity contribution in [1.29, 1.82) is 0 Å². The summed E-state index contributed by atoms with van der Waals surface area (Å²) in [5, 5.41) is 4.93. The van der Waals surface area contributed by atoms with Crippen LogP contribution in [0.2, 0.25) is 0 Å². The zero-order valence-corrected chi connectivity index (χ0v) is 32.1. The van der Waals surface area contributed by atoms with E-state index >= 15 is 0 Å². The van der Waals surface area contributed by atoms with Gasteiger partial charge in [0.1, 0.15) is 0 Å². The molecule has 1 aliphatic carbocycles. The first kappa shape index (κ1) is 33.8. The van der Waals surface area contributed by atoms with Crippen LogP contribution in [0.15, 0.2) is 206 Å². The Morgan fingerprint density at radius 2 is 0.929 bits per heavy atom. The van der Waals surface area contributed by atoms with Gasteiger partial charge >= 0.3 is 0 Å². The first-order valence-electron chi connectivity index (χ1n) is 19.7. The summed E-state index contributed by atoms with van der Waals surface area (Å²) in [6.07, 6.45) is 0. The third-order valence-electron chi connectivity index (χ3n) is 11.9. The molecule has 9 aromatic rings. The Hall–Kier alpha value is -6.70. The number of hydrogen-bond acceptors (Lipinski definition) is 1. The molecule has 0 spiro atoms. The first-order valence-corrected chi connectivity index (χ1v) is 19.7. The molecule has 0 saturated carbocycles. The first-order chi connectivity index (χ1) is 27.4. The average molecular weight is 718 g/mol. The van der Waals surface area contributed by atoms with Crippen LogP contribution in [-0.4, -0.2) is 0 Å². The number of benzene rings is 9. The minimum absolute atomic E-state index is 0.0376. The van der Waals surface area contributed by atoms with Crippen molar-refractivity contribution < 1.29 is 0 Å². The maximum absolute atomic E-state index is 2.49. The van der Waals surface area contributed by atoms with Crippen LogP contribution in [0.3, 0.4) is 0 Å². The molecule has 1 aliphatic rings. The lowest BCUT2D eigenvalue weighted by Crippen LogP contribution is -2.28. The molecule has 1 nitrogen and oxygen atoms in total. The van der Waals surface area contributed by atoms with Crippen LogP contribution in [0.25, 0.3) is 43.8 Å². The molecule has 0 bridgehead atoms. The highest BCUT2D eigenvalue weighted by Crippen LogP contribution is 2.57. The second-order valence-electron chi connectivity index (χ2n) is 16.1. The van der Waals surface area contributed by atoms with Gasteiger partial charge in [-0.2, -0.15) is 0 Å². The zero-order chi connectivity index (χ0) is 37.9.